The van der Waals surface area contributed by atoms with Crippen molar-refractivity contribution in [1.82, 2.24) is 5.32 Å². The standard InChI is InChI=1S/C18H29N3O3.HI/c1-17(2)15(10-18(17,3)24-6)21-16(19)20-11-12-7-8-13(22-4)14(9-12)23-5;/h7-9,15H,10-11H2,1-6H3,(H3,19,20,21);1H. The Morgan fingerprint density at radius 3 is 2.36 bits per heavy atom. The van der Waals surface area contributed by atoms with E-state index in [0.717, 1.165) is 12.0 Å². The van der Waals surface area contributed by atoms with Crippen LogP contribution in [0.3, 0.4) is 0 Å². The fourth-order valence-electron chi connectivity index (χ4n) is 3.10. The Kier molecular flexibility index (Phi) is 7.37. The number of halogens is 1. The van der Waals surface area contributed by atoms with Crippen molar-refractivity contribution in [2.45, 2.75) is 45.4 Å². The first-order chi connectivity index (χ1) is 11.3. The number of aliphatic imine (C=N–C) groups is 1. The van der Waals surface area contributed by atoms with E-state index in [1.165, 1.54) is 0 Å². The van der Waals surface area contributed by atoms with Gasteiger partial charge in [0.25, 0.3) is 0 Å². The maximum atomic E-state index is 6.05. The lowest BCUT2D eigenvalue weighted by Gasteiger charge is -2.59. The molecular weight excluding hydrogens is 433 g/mol. The van der Waals surface area contributed by atoms with Crippen molar-refractivity contribution in [3.63, 3.8) is 0 Å². The Morgan fingerprint density at radius 1 is 1.20 bits per heavy atom. The third-order valence-corrected chi connectivity index (χ3v) is 5.48. The van der Waals surface area contributed by atoms with Gasteiger partial charge in [0.2, 0.25) is 0 Å². The van der Waals surface area contributed by atoms with E-state index in [-0.39, 0.29) is 41.0 Å². The number of rotatable bonds is 6. The summed E-state index contributed by atoms with van der Waals surface area (Å²) in [4.78, 5) is 4.43. The van der Waals surface area contributed by atoms with Crippen LogP contribution < -0.4 is 20.5 Å². The van der Waals surface area contributed by atoms with Gasteiger partial charge in [-0.1, -0.05) is 19.9 Å². The van der Waals surface area contributed by atoms with Crippen LogP contribution in [0.25, 0.3) is 0 Å². The molecule has 0 amide bonds. The topological polar surface area (TPSA) is 78.1 Å². The van der Waals surface area contributed by atoms with Crippen LogP contribution in [-0.4, -0.2) is 38.9 Å². The molecule has 3 N–H and O–H groups in total. The fourth-order valence-corrected chi connectivity index (χ4v) is 3.10. The molecule has 0 radical (unpaired) electrons. The van der Waals surface area contributed by atoms with Crippen molar-refractivity contribution in [3.05, 3.63) is 23.8 Å². The lowest BCUT2D eigenvalue weighted by Crippen LogP contribution is -2.69. The smallest absolute Gasteiger partial charge is 0.189 e. The van der Waals surface area contributed by atoms with Gasteiger partial charge in [0, 0.05) is 18.6 Å². The summed E-state index contributed by atoms with van der Waals surface area (Å²) in [6.45, 7) is 6.97. The molecule has 1 aromatic rings. The van der Waals surface area contributed by atoms with Crippen LogP contribution in [0.1, 0.15) is 32.8 Å². The molecule has 0 aliphatic heterocycles. The van der Waals surface area contributed by atoms with Gasteiger partial charge in [-0.05, 0) is 31.0 Å². The Labute approximate surface area is 167 Å². The molecule has 2 unspecified atom stereocenters. The predicted octanol–water partition coefficient (Wildman–Crippen LogP) is 2.93. The van der Waals surface area contributed by atoms with Crippen molar-refractivity contribution < 1.29 is 14.2 Å². The molecule has 1 aliphatic rings. The largest absolute Gasteiger partial charge is 0.493 e. The van der Waals surface area contributed by atoms with E-state index in [1.807, 2.05) is 18.2 Å². The van der Waals surface area contributed by atoms with Crippen molar-refractivity contribution >= 4 is 29.9 Å². The molecule has 0 heterocycles. The highest BCUT2D eigenvalue weighted by atomic mass is 127. The monoisotopic (exact) mass is 463 g/mol. The van der Waals surface area contributed by atoms with E-state index in [4.69, 9.17) is 19.9 Å². The van der Waals surface area contributed by atoms with Crippen LogP contribution in [0.5, 0.6) is 11.5 Å². The molecule has 2 rings (SSSR count). The summed E-state index contributed by atoms with van der Waals surface area (Å²) in [6.07, 6.45) is 0.906. The summed E-state index contributed by atoms with van der Waals surface area (Å²) in [5, 5.41) is 3.31. The summed E-state index contributed by atoms with van der Waals surface area (Å²) < 4.78 is 16.2. The Balaban J connectivity index is 0.00000312. The second-order valence-electron chi connectivity index (χ2n) is 6.95. The van der Waals surface area contributed by atoms with Crippen molar-refractivity contribution in [2.24, 2.45) is 16.1 Å². The zero-order valence-electron chi connectivity index (χ0n) is 15.9. The molecule has 0 saturated heterocycles. The summed E-state index contributed by atoms with van der Waals surface area (Å²) in [5.74, 6) is 1.83. The van der Waals surface area contributed by atoms with E-state index in [2.05, 4.69) is 31.1 Å². The van der Waals surface area contributed by atoms with Gasteiger partial charge in [0.15, 0.2) is 17.5 Å². The lowest BCUT2D eigenvalue weighted by atomic mass is 9.56. The minimum absolute atomic E-state index is 0. The molecule has 1 aliphatic carbocycles. The number of hydrogen-bond acceptors (Lipinski definition) is 4. The summed E-state index contributed by atoms with van der Waals surface area (Å²) >= 11 is 0. The molecule has 6 nitrogen and oxygen atoms in total. The molecule has 1 saturated carbocycles. The van der Waals surface area contributed by atoms with Gasteiger partial charge in [-0.15, -0.1) is 24.0 Å². The molecule has 1 aromatic carbocycles. The molecule has 25 heavy (non-hydrogen) atoms. The maximum absolute atomic E-state index is 6.05. The van der Waals surface area contributed by atoms with E-state index < -0.39 is 0 Å². The average molecular weight is 463 g/mol. The zero-order valence-corrected chi connectivity index (χ0v) is 18.2. The molecule has 0 spiro atoms. The van der Waals surface area contributed by atoms with Gasteiger partial charge in [0.1, 0.15) is 0 Å². The van der Waals surface area contributed by atoms with Gasteiger partial charge in [-0.2, -0.15) is 0 Å². The Hall–Kier alpha value is -1.22. The number of methoxy groups -OCH3 is 3. The van der Waals surface area contributed by atoms with Crippen molar-refractivity contribution in [1.29, 1.82) is 0 Å². The van der Waals surface area contributed by atoms with Crippen molar-refractivity contribution in [2.75, 3.05) is 21.3 Å². The highest BCUT2D eigenvalue weighted by Gasteiger charge is 2.57. The first kappa shape index (κ1) is 21.8. The highest BCUT2D eigenvalue weighted by molar-refractivity contribution is 14.0. The fraction of sp³-hybridized carbons (Fsp3) is 0.611. The number of ether oxygens (including phenoxy) is 3. The van der Waals surface area contributed by atoms with Gasteiger partial charge < -0.3 is 25.3 Å². The summed E-state index contributed by atoms with van der Waals surface area (Å²) in [5.41, 5.74) is 6.92. The van der Waals surface area contributed by atoms with Crippen LogP contribution in [0.15, 0.2) is 23.2 Å². The Bertz CT molecular complexity index is 622. The summed E-state index contributed by atoms with van der Waals surface area (Å²) in [7, 11) is 4.99. The van der Waals surface area contributed by atoms with E-state index in [9.17, 15) is 0 Å². The minimum atomic E-state index is -0.131. The van der Waals surface area contributed by atoms with Crippen LogP contribution in [0.2, 0.25) is 0 Å². The van der Waals surface area contributed by atoms with Crippen molar-refractivity contribution in [3.8, 4) is 11.5 Å². The third-order valence-electron chi connectivity index (χ3n) is 5.48. The van der Waals surface area contributed by atoms with Crippen LogP contribution in [-0.2, 0) is 11.3 Å². The number of nitrogens with one attached hydrogen (secondary N) is 1. The highest BCUT2D eigenvalue weighted by Crippen LogP contribution is 2.51. The van der Waals surface area contributed by atoms with E-state index >= 15 is 0 Å². The first-order valence-corrected chi connectivity index (χ1v) is 8.10. The lowest BCUT2D eigenvalue weighted by molar-refractivity contribution is -0.176. The van der Waals surface area contributed by atoms with Crippen LogP contribution in [0.4, 0.5) is 0 Å². The maximum Gasteiger partial charge on any atom is 0.189 e. The van der Waals surface area contributed by atoms with Gasteiger partial charge >= 0.3 is 0 Å². The number of benzene rings is 1. The van der Waals surface area contributed by atoms with Gasteiger partial charge in [0.05, 0.1) is 26.4 Å². The quantitative estimate of drug-likeness (QED) is 0.386. The zero-order chi connectivity index (χ0) is 18.0. The van der Waals surface area contributed by atoms with E-state index in [0.29, 0.717) is 24.0 Å². The summed E-state index contributed by atoms with van der Waals surface area (Å²) in [6, 6.07) is 5.97. The number of nitrogens with zero attached hydrogens (tertiary/aromatic N) is 1. The molecule has 142 valence electrons. The first-order valence-electron chi connectivity index (χ1n) is 8.10. The molecule has 2 atom stereocenters. The second-order valence-corrected chi connectivity index (χ2v) is 6.95. The molecule has 1 fully saturated rings. The van der Waals surface area contributed by atoms with E-state index in [1.54, 1.807) is 21.3 Å². The number of guanidine groups is 1. The predicted molar refractivity (Wildman–Crippen MR) is 111 cm³/mol. The number of hydrogen-bond donors (Lipinski definition) is 2. The van der Waals surface area contributed by atoms with Crippen LogP contribution in [0, 0.1) is 5.41 Å². The van der Waals surface area contributed by atoms with Crippen LogP contribution >= 0.6 is 24.0 Å². The SMILES string of the molecule is COc1ccc(CN=C(N)NC2CC(C)(OC)C2(C)C)cc1OC.I. The molecule has 0 aromatic heterocycles. The molecule has 7 heteroatoms. The number of nitrogens with two attached hydrogens (primary N) is 1. The van der Waals surface area contributed by atoms with Gasteiger partial charge in [-0.3, -0.25) is 0 Å². The average Bonchev–Trinajstić information content (AvgIpc) is 2.58. The van der Waals surface area contributed by atoms with Gasteiger partial charge in [-0.25, -0.2) is 4.99 Å². The normalized spacial score (nSPS) is 24.7. The Morgan fingerprint density at radius 2 is 1.84 bits per heavy atom. The molecule has 0 bridgehead atoms. The second kappa shape index (κ2) is 8.44. The third kappa shape index (κ3) is 4.31. The molecular formula is C18H30IN3O3. The minimum Gasteiger partial charge on any atom is -0.493 e.